The highest BCUT2D eigenvalue weighted by atomic mass is 35.5. The Morgan fingerprint density at radius 2 is 1.65 bits per heavy atom. The summed E-state index contributed by atoms with van der Waals surface area (Å²) in [6.45, 7) is 7.69. The van der Waals surface area contributed by atoms with E-state index < -0.39 is 0 Å². The number of para-hydroxylation sites is 1. The molecule has 0 amide bonds. The molecule has 5 heteroatoms. The molecular formula is C21H24ClN3O. The number of pyridine rings is 1. The first kappa shape index (κ1) is 16.7. The largest absolute Gasteiger partial charge is 0.298 e. The molecule has 0 atom stereocenters. The average Bonchev–Trinajstić information content (AvgIpc) is 2.65. The van der Waals surface area contributed by atoms with Crippen molar-refractivity contribution < 1.29 is 4.79 Å². The molecule has 1 aromatic carbocycles. The molecule has 4 aliphatic heterocycles. The van der Waals surface area contributed by atoms with Crippen molar-refractivity contribution in [2.75, 3.05) is 26.2 Å². The summed E-state index contributed by atoms with van der Waals surface area (Å²) in [4.78, 5) is 22.9. The highest BCUT2D eigenvalue weighted by Gasteiger charge is 2.64. The molecule has 0 radical (unpaired) electrons. The Balaban J connectivity index is 1.61. The van der Waals surface area contributed by atoms with Gasteiger partial charge in [0.05, 0.1) is 22.5 Å². The number of benzene rings is 1. The standard InChI is InChI=1S/C21H24ClN3O/c1-3-20-10-24-12-21(4-2,19(20)26)13-25(11-20)18(24)15-9-14-7-5-6-8-16(14)23-17(15)22/h5-9,18H,3-4,10-13H2,1-2H3. The first-order valence-corrected chi connectivity index (χ1v) is 9.98. The molecule has 4 nitrogen and oxygen atoms in total. The lowest BCUT2D eigenvalue weighted by molar-refractivity contribution is -0.204. The SMILES string of the molecule is CCC12CN3CC(CC)(CN(C1)C3c1cc3ccccc3nc1Cl)C2=O. The van der Waals surface area contributed by atoms with Gasteiger partial charge in [-0.05, 0) is 25.0 Å². The fourth-order valence-corrected chi connectivity index (χ4v) is 5.89. The van der Waals surface area contributed by atoms with Crippen molar-refractivity contribution in [3.05, 3.63) is 41.0 Å². The van der Waals surface area contributed by atoms with Crippen LogP contribution < -0.4 is 0 Å². The Kier molecular flexibility index (Phi) is 3.53. The van der Waals surface area contributed by atoms with Gasteiger partial charge in [0.25, 0.3) is 0 Å². The number of hydrogen-bond acceptors (Lipinski definition) is 4. The third kappa shape index (κ3) is 2.04. The second kappa shape index (κ2) is 5.51. The van der Waals surface area contributed by atoms with Gasteiger partial charge in [-0.3, -0.25) is 14.6 Å². The van der Waals surface area contributed by atoms with Gasteiger partial charge in [-0.15, -0.1) is 0 Å². The first-order valence-electron chi connectivity index (χ1n) is 9.60. The number of nitrogens with zero attached hydrogens (tertiary/aromatic N) is 3. The van der Waals surface area contributed by atoms with Crippen LogP contribution >= 0.6 is 11.6 Å². The number of Topliss-reactive ketones (excluding diaryl/α,β-unsaturated/α-hetero) is 1. The molecule has 0 spiro atoms. The summed E-state index contributed by atoms with van der Waals surface area (Å²) < 4.78 is 0. The van der Waals surface area contributed by atoms with E-state index in [4.69, 9.17) is 11.6 Å². The van der Waals surface area contributed by atoms with E-state index in [1.54, 1.807) is 0 Å². The number of hydrogen-bond donors (Lipinski definition) is 0. The lowest BCUT2D eigenvalue weighted by atomic mass is 9.58. The smallest absolute Gasteiger partial charge is 0.150 e. The molecule has 1 aromatic heterocycles. The van der Waals surface area contributed by atoms with Crippen molar-refractivity contribution in [3.63, 3.8) is 0 Å². The molecule has 26 heavy (non-hydrogen) atoms. The van der Waals surface area contributed by atoms with E-state index in [9.17, 15) is 4.79 Å². The maximum atomic E-state index is 13.3. The van der Waals surface area contributed by atoms with Gasteiger partial charge < -0.3 is 0 Å². The van der Waals surface area contributed by atoms with Crippen LogP contribution in [0.4, 0.5) is 0 Å². The summed E-state index contributed by atoms with van der Waals surface area (Å²) >= 11 is 6.63. The van der Waals surface area contributed by atoms with Gasteiger partial charge in [-0.25, -0.2) is 4.98 Å². The number of rotatable bonds is 3. The van der Waals surface area contributed by atoms with Gasteiger partial charge in [-0.2, -0.15) is 0 Å². The predicted octanol–water partition coefficient (Wildman–Crippen LogP) is 3.89. The Bertz CT molecular complexity index is 869. The van der Waals surface area contributed by atoms with Crippen LogP contribution in [0.5, 0.6) is 0 Å². The molecule has 0 aliphatic carbocycles. The number of fused-ring (bicyclic) bond motifs is 1. The van der Waals surface area contributed by atoms with Gasteiger partial charge >= 0.3 is 0 Å². The van der Waals surface area contributed by atoms with E-state index in [1.165, 1.54) is 0 Å². The van der Waals surface area contributed by atoms with Crippen molar-refractivity contribution in [2.45, 2.75) is 32.9 Å². The first-order chi connectivity index (χ1) is 12.5. The Morgan fingerprint density at radius 1 is 1.08 bits per heavy atom. The molecule has 4 saturated heterocycles. The summed E-state index contributed by atoms with van der Waals surface area (Å²) in [5.74, 6) is 0.503. The number of halogens is 1. The minimum atomic E-state index is -0.209. The molecule has 4 aliphatic rings. The van der Waals surface area contributed by atoms with Crippen LogP contribution in [0, 0.1) is 10.8 Å². The minimum absolute atomic E-state index is 0.132. The fourth-order valence-electron chi connectivity index (χ4n) is 5.64. The lowest BCUT2D eigenvalue weighted by Gasteiger charge is -2.66. The predicted molar refractivity (Wildman–Crippen MR) is 103 cm³/mol. The van der Waals surface area contributed by atoms with Crippen LogP contribution in [0.2, 0.25) is 5.15 Å². The number of aromatic nitrogens is 1. The Labute approximate surface area is 159 Å². The second-order valence-corrected chi connectivity index (χ2v) is 8.70. The van der Waals surface area contributed by atoms with Crippen molar-refractivity contribution in [1.82, 2.24) is 14.8 Å². The zero-order valence-electron chi connectivity index (χ0n) is 15.3. The molecule has 0 saturated carbocycles. The number of ketones is 1. The van der Waals surface area contributed by atoms with E-state index >= 15 is 0 Å². The quantitative estimate of drug-likeness (QED) is 0.769. The summed E-state index contributed by atoms with van der Waals surface area (Å²) in [5.41, 5.74) is 1.59. The molecule has 0 unspecified atom stereocenters. The van der Waals surface area contributed by atoms with Gasteiger partial charge in [0, 0.05) is 37.1 Å². The third-order valence-electron chi connectivity index (χ3n) is 7.01. The molecule has 4 fully saturated rings. The Hall–Kier alpha value is -1.49. The molecule has 2 aromatic rings. The average molecular weight is 370 g/mol. The summed E-state index contributed by atoms with van der Waals surface area (Å²) in [6.07, 6.45) is 1.96. The molecule has 6 rings (SSSR count). The van der Waals surface area contributed by atoms with Crippen LogP contribution in [0.15, 0.2) is 30.3 Å². The Morgan fingerprint density at radius 3 is 2.23 bits per heavy atom. The third-order valence-corrected chi connectivity index (χ3v) is 7.32. The van der Waals surface area contributed by atoms with Crippen molar-refractivity contribution >= 4 is 28.3 Å². The van der Waals surface area contributed by atoms with Crippen LogP contribution in [-0.2, 0) is 4.79 Å². The van der Waals surface area contributed by atoms with E-state index in [0.717, 1.165) is 55.5 Å². The van der Waals surface area contributed by atoms with Crippen molar-refractivity contribution in [1.29, 1.82) is 0 Å². The minimum Gasteiger partial charge on any atom is -0.298 e. The second-order valence-electron chi connectivity index (χ2n) is 8.34. The summed E-state index contributed by atoms with van der Waals surface area (Å²) in [7, 11) is 0. The molecule has 136 valence electrons. The van der Waals surface area contributed by atoms with Crippen LogP contribution in [-0.4, -0.2) is 46.7 Å². The summed E-state index contributed by atoms with van der Waals surface area (Å²) in [5, 5.41) is 1.71. The fraction of sp³-hybridized carbons (Fsp3) is 0.524. The molecule has 4 bridgehead atoms. The normalized spacial score (nSPS) is 38.3. The van der Waals surface area contributed by atoms with Gasteiger partial charge in [0.15, 0.2) is 0 Å². The molecular weight excluding hydrogens is 346 g/mol. The van der Waals surface area contributed by atoms with Crippen LogP contribution in [0.1, 0.15) is 38.4 Å². The van der Waals surface area contributed by atoms with Crippen LogP contribution in [0.25, 0.3) is 10.9 Å². The number of carbonyl (C=O) groups excluding carboxylic acids is 1. The molecule has 0 N–H and O–H groups in total. The van der Waals surface area contributed by atoms with Gasteiger partial charge in [0.1, 0.15) is 10.9 Å². The monoisotopic (exact) mass is 369 g/mol. The number of piperidine rings is 2. The molecule has 5 heterocycles. The van der Waals surface area contributed by atoms with Crippen molar-refractivity contribution in [3.8, 4) is 0 Å². The summed E-state index contributed by atoms with van der Waals surface area (Å²) in [6, 6.07) is 10.3. The zero-order valence-corrected chi connectivity index (χ0v) is 16.1. The zero-order chi connectivity index (χ0) is 18.1. The lowest BCUT2D eigenvalue weighted by Crippen LogP contribution is -2.76. The maximum absolute atomic E-state index is 13.3. The van der Waals surface area contributed by atoms with E-state index in [-0.39, 0.29) is 17.0 Å². The maximum Gasteiger partial charge on any atom is 0.150 e. The topological polar surface area (TPSA) is 36.4 Å². The van der Waals surface area contributed by atoms with Gasteiger partial charge in [-0.1, -0.05) is 43.6 Å². The van der Waals surface area contributed by atoms with Gasteiger partial charge in [0.2, 0.25) is 0 Å². The highest BCUT2D eigenvalue weighted by molar-refractivity contribution is 6.30. The van der Waals surface area contributed by atoms with E-state index in [1.807, 2.05) is 18.2 Å². The number of carbonyl (C=O) groups is 1. The van der Waals surface area contributed by atoms with E-state index in [0.29, 0.717) is 10.9 Å². The highest BCUT2D eigenvalue weighted by Crippen LogP contribution is 2.55. The van der Waals surface area contributed by atoms with Crippen LogP contribution in [0.3, 0.4) is 0 Å². The van der Waals surface area contributed by atoms with E-state index in [2.05, 4.69) is 40.8 Å². The van der Waals surface area contributed by atoms with Crippen molar-refractivity contribution in [2.24, 2.45) is 10.8 Å².